The van der Waals surface area contributed by atoms with Crippen LogP contribution in [-0.2, 0) is 14.3 Å². The summed E-state index contributed by atoms with van der Waals surface area (Å²) < 4.78 is 5.70. The molecule has 2 fully saturated rings. The summed E-state index contributed by atoms with van der Waals surface area (Å²) in [7, 11) is 0. The first-order valence-electron chi connectivity index (χ1n) is 8.12. The van der Waals surface area contributed by atoms with E-state index in [0.717, 1.165) is 11.1 Å². The van der Waals surface area contributed by atoms with Crippen LogP contribution >= 0.6 is 0 Å². The molecule has 2 saturated heterocycles. The predicted molar refractivity (Wildman–Crippen MR) is 89.2 cm³/mol. The molecule has 3 heterocycles. The third-order valence-corrected chi connectivity index (χ3v) is 5.14. The van der Waals surface area contributed by atoms with E-state index in [1.165, 1.54) is 4.90 Å². The molecule has 5 rings (SSSR count). The maximum atomic E-state index is 13.0. The summed E-state index contributed by atoms with van der Waals surface area (Å²) in [5, 5.41) is 0. The fourth-order valence-corrected chi connectivity index (χ4v) is 4.07. The van der Waals surface area contributed by atoms with Crippen molar-refractivity contribution in [2.45, 2.75) is 12.2 Å². The van der Waals surface area contributed by atoms with Crippen LogP contribution in [0.15, 0.2) is 66.7 Å². The smallest absolute Gasteiger partial charge is 0.240 e. The first-order chi connectivity index (χ1) is 11.8. The summed E-state index contributed by atoms with van der Waals surface area (Å²) in [5.74, 6) is -1.05. The van der Waals surface area contributed by atoms with Crippen molar-refractivity contribution in [3.05, 3.63) is 66.7 Å². The Morgan fingerprint density at radius 1 is 0.750 bits per heavy atom. The fourth-order valence-electron chi connectivity index (χ4n) is 4.07. The molecule has 4 unspecified atom stereocenters. The van der Waals surface area contributed by atoms with E-state index in [0.29, 0.717) is 5.69 Å². The molecule has 2 bridgehead atoms. The number of hydrogen-bond donors (Lipinski definition) is 0. The molecule has 0 saturated carbocycles. The number of anilines is 1. The molecule has 0 aromatic heterocycles. The van der Waals surface area contributed by atoms with Gasteiger partial charge in [-0.1, -0.05) is 60.7 Å². The molecule has 2 amide bonds. The molecule has 2 aromatic carbocycles. The summed E-state index contributed by atoms with van der Waals surface area (Å²) in [6.07, 6.45) is 3.29. The maximum Gasteiger partial charge on any atom is 0.240 e. The van der Waals surface area contributed by atoms with Gasteiger partial charge >= 0.3 is 0 Å². The van der Waals surface area contributed by atoms with E-state index in [9.17, 15) is 9.59 Å². The van der Waals surface area contributed by atoms with Gasteiger partial charge in [0.1, 0.15) is 0 Å². The number of hydrogen-bond acceptors (Lipinski definition) is 3. The lowest BCUT2D eigenvalue weighted by Crippen LogP contribution is -2.34. The summed E-state index contributed by atoms with van der Waals surface area (Å²) in [6.45, 7) is 0. The Bertz CT molecular complexity index is 843. The highest BCUT2D eigenvalue weighted by atomic mass is 16.5. The number of ether oxygens (including phenoxy) is 1. The number of nitrogens with zero attached hydrogens (tertiary/aromatic N) is 1. The molecular weight excluding hydrogens is 302 g/mol. The van der Waals surface area contributed by atoms with Crippen molar-refractivity contribution in [1.29, 1.82) is 0 Å². The van der Waals surface area contributed by atoms with E-state index in [-0.39, 0.29) is 35.9 Å². The van der Waals surface area contributed by atoms with Crippen molar-refractivity contribution in [2.24, 2.45) is 11.8 Å². The average Bonchev–Trinajstić information content (AvgIpc) is 3.30. The summed E-state index contributed by atoms with van der Waals surface area (Å²) in [6, 6.07) is 17.4. The zero-order valence-electron chi connectivity index (χ0n) is 12.8. The second-order valence-electron chi connectivity index (χ2n) is 6.40. The van der Waals surface area contributed by atoms with E-state index in [1.54, 1.807) is 0 Å². The molecule has 2 aromatic rings. The van der Waals surface area contributed by atoms with E-state index in [1.807, 2.05) is 66.7 Å². The van der Waals surface area contributed by atoms with Crippen LogP contribution in [0, 0.1) is 11.8 Å². The Kier molecular flexibility index (Phi) is 2.79. The fraction of sp³-hybridized carbons (Fsp3) is 0.200. The lowest BCUT2D eigenvalue weighted by atomic mass is 9.85. The van der Waals surface area contributed by atoms with Gasteiger partial charge in [0, 0.05) is 5.56 Å². The largest absolute Gasteiger partial charge is 0.365 e. The molecule has 118 valence electrons. The molecule has 0 spiro atoms. The van der Waals surface area contributed by atoms with Gasteiger partial charge in [-0.3, -0.25) is 9.59 Å². The maximum absolute atomic E-state index is 13.0. The van der Waals surface area contributed by atoms with Crippen molar-refractivity contribution in [3.8, 4) is 11.1 Å². The molecule has 4 nitrogen and oxygen atoms in total. The molecule has 3 aliphatic heterocycles. The van der Waals surface area contributed by atoms with Crippen molar-refractivity contribution in [3.63, 3.8) is 0 Å². The van der Waals surface area contributed by atoms with Gasteiger partial charge in [0.15, 0.2) is 0 Å². The minimum atomic E-state index is -0.378. The standard InChI is InChI=1S/C20H15NO3/c22-19-17-15-10-11-16(24-15)18(17)20(23)21(19)14-9-5-4-8-13(14)12-6-2-1-3-7-12/h1-11,15-18H. The van der Waals surface area contributed by atoms with Crippen LogP contribution in [0.25, 0.3) is 11.1 Å². The third kappa shape index (κ3) is 1.72. The molecule has 0 aliphatic carbocycles. The SMILES string of the molecule is O=C1C2C3C=CC(O3)C2C(=O)N1c1ccccc1-c1ccccc1. The van der Waals surface area contributed by atoms with Crippen LogP contribution in [-0.4, -0.2) is 24.0 Å². The van der Waals surface area contributed by atoms with Gasteiger partial charge in [0.25, 0.3) is 0 Å². The van der Waals surface area contributed by atoms with Gasteiger partial charge in [0.05, 0.1) is 29.7 Å². The molecule has 0 N–H and O–H groups in total. The second-order valence-corrected chi connectivity index (χ2v) is 6.40. The Balaban J connectivity index is 1.61. The van der Waals surface area contributed by atoms with Crippen LogP contribution in [0.3, 0.4) is 0 Å². The quantitative estimate of drug-likeness (QED) is 0.632. The lowest BCUT2D eigenvalue weighted by Gasteiger charge is -2.20. The summed E-state index contributed by atoms with van der Waals surface area (Å²) in [5.41, 5.74) is 2.54. The molecule has 24 heavy (non-hydrogen) atoms. The van der Waals surface area contributed by atoms with Crippen LogP contribution < -0.4 is 4.90 Å². The van der Waals surface area contributed by atoms with Gasteiger partial charge < -0.3 is 4.74 Å². The zero-order valence-corrected chi connectivity index (χ0v) is 12.8. The van der Waals surface area contributed by atoms with Crippen molar-refractivity contribution in [1.82, 2.24) is 0 Å². The average molecular weight is 317 g/mol. The van der Waals surface area contributed by atoms with Gasteiger partial charge in [0.2, 0.25) is 11.8 Å². The van der Waals surface area contributed by atoms with Gasteiger partial charge in [-0.15, -0.1) is 0 Å². The van der Waals surface area contributed by atoms with E-state index >= 15 is 0 Å². The highest BCUT2D eigenvalue weighted by Gasteiger charge is 2.61. The van der Waals surface area contributed by atoms with Crippen LogP contribution in [0.1, 0.15) is 0 Å². The number of fused-ring (bicyclic) bond motifs is 5. The van der Waals surface area contributed by atoms with E-state index < -0.39 is 0 Å². The Labute approximate surface area is 139 Å². The summed E-state index contributed by atoms with van der Waals surface area (Å²) in [4.78, 5) is 27.3. The van der Waals surface area contributed by atoms with Crippen molar-refractivity contribution in [2.75, 3.05) is 4.90 Å². The first-order valence-corrected chi connectivity index (χ1v) is 8.12. The van der Waals surface area contributed by atoms with Crippen LogP contribution in [0.4, 0.5) is 5.69 Å². The minimum absolute atomic E-state index is 0.148. The first kappa shape index (κ1) is 13.7. The highest BCUT2D eigenvalue weighted by molar-refractivity contribution is 6.24. The number of carbonyl (C=O) groups excluding carboxylic acids is 2. The number of imide groups is 1. The predicted octanol–water partition coefficient (Wildman–Crippen LogP) is 2.80. The zero-order chi connectivity index (χ0) is 16.3. The molecule has 4 atom stereocenters. The Morgan fingerprint density at radius 2 is 1.33 bits per heavy atom. The molecule has 4 heteroatoms. The van der Waals surface area contributed by atoms with Crippen molar-refractivity contribution < 1.29 is 14.3 Å². The topological polar surface area (TPSA) is 46.6 Å². The van der Waals surface area contributed by atoms with Crippen LogP contribution in [0.2, 0.25) is 0 Å². The number of para-hydroxylation sites is 1. The lowest BCUT2D eigenvalue weighted by molar-refractivity contribution is -0.124. The number of rotatable bonds is 2. The second kappa shape index (κ2) is 4.89. The van der Waals surface area contributed by atoms with Gasteiger partial charge in [-0.2, -0.15) is 0 Å². The van der Waals surface area contributed by atoms with Gasteiger partial charge in [-0.25, -0.2) is 4.90 Å². The number of amides is 2. The molecular formula is C20H15NO3. The van der Waals surface area contributed by atoms with Crippen LogP contribution in [0.5, 0.6) is 0 Å². The molecule has 3 aliphatic rings. The highest BCUT2D eigenvalue weighted by Crippen LogP contribution is 2.47. The number of carbonyl (C=O) groups is 2. The minimum Gasteiger partial charge on any atom is -0.365 e. The van der Waals surface area contributed by atoms with Gasteiger partial charge in [-0.05, 0) is 11.6 Å². The van der Waals surface area contributed by atoms with E-state index in [4.69, 9.17) is 4.74 Å². The summed E-state index contributed by atoms with van der Waals surface area (Å²) >= 11 is 0. The third-order valence-electron chi connectivity index (χ3n) is 5.14. The van der Waals surface area contributed by atoms with E-state index in [2.05, 4.69) is 0 Å². The Hall–Kier alpha value is -2.72. The monoisotopic (exact) mass is 317 g/mol. The molecule has 0 radical (unpaired) electrons. The normalized spacial score (nSPS) is 30.2. The van der Waals surface area contributed by atoms with Crippen molar-refractivity contribution >= 4 is 17.5 Å². The Morgan fingerprint density at radius 3 is 2.00 bits per heavy atom. The number of benzene rings is 2.